The van der Waals surface area contributed by atoms with Crippen LogP contribution in [0, 0.1) is 5.92 Å². The first kappa shape index (κ1) is 37.4. The molecule has 0 aromatic heterocycles. The maximum Gasteiger partial charge on any atom is 0.127 e. The van der Waals surface area contributed by atoms with Crippen LogP contribution in [-0.2, 0) is 4.74 Å². The van der Waals surface area contributed by atoms with E-state index in [2.05, 4.69) is 32.9 Å². The number of rotatable bonds is 29. The van der Waals surface area contributed by atoms with Gasteiger partial charge in [0.1, 0.15) is 24.2 Å². The zero-order chi connectivity index (χ0) is 30.8. The van der Waals surface area contributed by atoms with Gasteiger partial charge in [0.25, 0.3) is 0 Å². The van der Waals surface area contributed by atoms with E-state index in [9.17, 15) is 5.11 Å². The number of hydrogen-bond donors (Lipinski definition) is 1. The van der Waals surface area contributed by atoms with Crippen molar-refractivity contribution in [2.24, 2.45) is 5.92 Å². The van der Waals surface area contributed by atoms with Gasteiger partial charge >= 0.3 is 0 Å². The maximum atomic E-state index is 10.4. The Kier molecular flexibility index (Phi) is 22.2. The molecule has 0 radical (unpaired) electrons. The Bertz CT molecular complexity index is 913. The molecule has 0 saturated heterocycles. The fourth-order valence-corrected chi connectivity index (χ4v) is 5.81. The van der Waals surface area contributed by atoms with Crippen LogP contribution in [-0.4, -0.2) is 37.6 Å². The summed E-state index contributed by atoms with van der Waals surface area (Å²) >= 11 is 0. The molecule has 0 aliphatic heterocycles. The minimum atomic E-state index is -0.639. The van der Waals surface area contributed by atoms with Gasteiger partial charge in [0.2, 0.25) is 0 Å². The molecular formula is C39H66O4. The number of hydrogen-bond acceptors (Lipinski definition) is 4. The van der Waals surface area contributed by atoms with Gasteiger partial charge in [0, 0.05) is 17.4 Å². The Hall–Kier alpha value is -1.78. The molecule has 4 heteroatoms. The van der Waals surface area contributed by atoms with Crippen molar-refractivity contribution in [3.63, 3.8) is 0 Å². The molecule has 0 spiro atoms. The Labute approximate surface area is 265 Å². The third-order valence-corrected chi connectivity index (χ3v) is 8.75. The van der Waals surface area contributed by atoms with Gasteiger partial charge in [-0.1, -0.05) is 161 Å². The van der Waals surface area contributed by atoms with Crippen molar-refractivity contribution in [3.05, 3.63) is 36.4 Å². The molecule has 2 rings (SSSR count). The molecule has 0 fully saturated rings. The minimum absolute atomic E-state index is 0.220. The van der Waals surface area contributed by atoms with Gasteiger partial charge < -0.3 is 19.3 Å². The van der Waals surface area contributed by atoms with E-state index in [1.807, 2.05) is 24.3 Å². The predicted octanol–water partition coefficient (Wildman–Crippen LogP) is 11.5. The summed E-state index contributed by atoms with van der Waals surface area (Å²) < 4.78 is 18.1. The van der Waals surface area contributed by atoms with Crippen LogP contribution in [0.3, 0.4) is 0 Å². The lowest BCUT2D eigenvalue weighted by atomic mass is 10.0. The molecule has 0 amide bonds. The summed E-state index contributed by atoms with van der Waals surface area (Å²) in [6.45, 7) is 8.76. The van der Waals surface area contributed by atoms with E-state index < -0.39 is 6.10 Å². The second-order valence-corrected chi connectivity index (χ2v) is 12.7. The van der Waals surface area contributed by atoms with E-state index in [1.165, 1.54) is 116 Å². The largest absolute Gasteiger partial charge is 0.493 e. The molecule has 4 nitrogen and oxygen atoms in total. The van der Waals surface area contributed by atoms with Crippen molar-refractivity contribution < 1.29 is 19.3 Å². The van der Waals surface area contributed by atoms with Gasteiger partial charge in [-0.15, -0.1) is 0 Å². The van der Waals surface area contributed by atoms with Crippen LogP contribution < -0.4 is 9.47 Å². The van der Waals surface area contributed by atoms with E-state index in [0.29, 0.717) is 19.1 Å². The predicted molar refractivity (Wildman–Crippen MR) is 185 cm³/mol. The maximum absolute atomic E-state index is 10.4. The van der Waals surface area contributed by atoms with Crippen LogP contribution in [0.15, 0.2) is 36.4 Å². The first-order valence-electron chi connectivity index (χ1n) is 18.2. The number of benzene rings is 2. The molecule has 2 atom stereocenters. The summed E-state index contributed by atoms with van der Waals surface area (Å²) in [5.41, 5.74) is 0. The Balaban J connectivity index is 1.51. The van der Waals surface area contributed by atoms with Crippen molar-refractivity contribution in [3.8, 4) is 11.5 Å². The van der Waals surface area contributed by atoms with Crippen molar-refractivity contribution in [2.75, 3.05) is 26.4 Å². The molecule has 1 N–H and O–H groups in total. The van der Waals surface area contributed by atoms with Crippen LogP contribution >= 0.6 is 0 Å². The Morgan fingerprint density at radius 3 is 1.49 bits per heavy atom. The number of ether oxygens (including phenoxy) is 3. The summed E-state index contributed by atoms with van der Waals surface area (Å²) in [5, 5.41) is 12.5. The van der Waals surface area contributed by atoms with Crippen molar-refractivity contribution in [1.82, 2.24) is 0 Å². The fraction of sp³-hybridized carbons (Fsp3) is 0.744. The fourth-order valence-electron chi connectivity index (χ4n) is 5.81. The highest BCUT2D eigenvalue weighted by Crippen LogP contribution is 2.33. The number of unbranched alkanes of at least 4 members (excludes halogenated alkanes) is 16. The summed E-state index contributed by atoms with van der Waals surface area (Å²) in [6, 6.07) is 12.2. The van der Waals surface area contributed by atoms with Gasteiger partial charge in [0.05, 0.1) is 13.2 Å². The van der Waals surface area contributed by atoms with Crippen molar-refractivity contribution in [1.29, 1.82) is 0 Å². The van der Waals surface area contributed by atoms with Crippen LogP contribution in [0.1, 0.15) is 149 Å². The molecule has 0 heterocycles. The third-order valence-electron chi connectivity index (χ3n) is 8.75. The van der Waals surface area contributed by atoms with Gasteiger partial charge in [-0.05, 0) is 30.9 Å². The molecule has 0 aliphatic rings. The molecule has 2 aromatic rings. The number of aliphatic hydroxyl groups is 1. The Morgan fingerprint density at radius 1 is 0.535 bits per heavy atom. The average Bonchev–Trinajstić information content (AvgIpc) is 3.03. The average molecular weight is 599 g/mol. The van der Waals surface area contributed by atoms with Crippen molar-refractivity contribution >= 4 is 10.8 Å². The molecule has 246 valence electrons. The van der Waals surface area contributed by atoms with Crippen molar-refractivity contribution in [2.45, 2.75) is 155 Å². The smallest absolute Gasteiger partial charge is 0.127 e. The number of fused-ring (bicyclic) bond motifs is 1. The molecule has 2 aromatic carbocycles. The molecule has 0 bridgehead atoms. The van der Waals surface area contributed by atoms with Crippen LogP contribution in [0.5, 0.6) is 11.5 Å². The van der Waals surface area contributed by atoms with Crippen LogP contribution in [0.25, 0.3) is 10.8 Å². The molecule has 2 unspecified atom stereocenters. The summed E-state index contributed by atoms with van der Waals surface area (Å²) in [6.07, 6.45) is 26.1. The van der Waals surface area contributed by atoms with E-state index in [4.69, 9.17) is 14.2 Å². The summed E-state index contributed by atoms with van der Waals surface area (Å²) in [4.78, 5) is 0. The van der Waals surface area contributed by atoms with E-state index in [0.717, 1.165) is 41.7 Å². The van der Waals surface area contributed by atoms with Gasteiger partial charge in [0.15, 0.2) is 0 Å². The molecular weight excluding hydrogens is 532 g/mol. The first-order chi connectivity index (χ1) is 21.2. The topological polar surface area (TPSA) is 47.9 Å². The summed E-state index contributed by atoms with van der Waals surface area (Å²) in [7, 11) is 0. The highest BCUT2D eigenvalue weighted by Gasteiger charge is 2.13. The highest BCUT2D eigenvalue weighted by molar-refractivity contribution is 5.93. The third kappa shape index (κ3) is 17.3. The lowest BCUT2D eigenvalue weighted by Gasteiger charge is -2.18. The van der Waals surface area contributed by atoms with E-state index in [1.54, 1.807) is 0 Å². The standard InChI is InChI=1S/C39H66O4/c1-4-7-9-10-11-12-13-14-15-16-17-18-19-20-21-24-30-41-32-35(40)33-43-39-29-28-38(36-26-22-23-27-37(36)39)42-31-34(6-3)25-8-5-2/h22-23,26-29,34-35,40H,4-21,24-25,30-33H2,1-3H3. The lowest BCUT2D eigenvalue weighted by Crippen LogP contribution is -2.23. The van der Waals surface area contributed by atoms with Gasteiger partial charge in [-0.3, -0.25) is 0 Å². The highest BCUT2D eigenvalue weighted by atomic mass is 16.5. The summed E-state index contributed by atoms with van der Waals surface area (Å²) in [5.74, 6) is 2.27. The van der Waals surface area contributed by atoms with Gasteiger partial charge in [-0.25, -0.2) is 0 Å². The van der Waals surface area contributed by atoms with Crippen LogP contribution in [0.2, 0.25) is 0 Å². The number of aliphatic hydroxyl groups excluding tert-OH is 1. The molecule has 0 saturated carbocycles. The molecule has 43 heavy (non-hydrogen) atoms. The monoisotopic (exact) mass is 598 g/mol. The van der Waals surface area contributed by atoms with Gasteiger partial charge in [-0.2, -0.15) is 0 Å². The first-order valence-corrected chi connectivity index (χ1v) is 18.2. The molecule has 0 aliphatic carbocycles. The minimum Gasteiger partial charge on any atom is -0.493 e. The normalized spacial score (nSPS) is 12.9. The second kappa shape index (κ2) is 25.5. The van der Waals surface area contributed by atoms with E-state index in [-0.39, 0.29) is 6.61 Å². The van der Waals surface area contributed by atoms with Crippen LogP contribution in [0.4, 0.5) is 0 Å². The zero-order valence-electron chi connectivity index (χ0n) is 28.3. The lowest BCUT2D eigenvalue weighted by molar-refractivity contribution is 0.0112. The quantitative estimate of drug-likeness (QED) is 0.0946. The zero-order valence-corrected chi connectivity index (χ0v) is 28.3. The Morgan fingerprint density at radius 2 is 1.00 bits per heavy atom. The second-order valence-electron chi connectivity index (χ2n) is 12.7. The SMILES string of the molecule is CCCCCCCCCCCCCCCCCCOCC(O)COc1ccc(OCC(CC)CCCC)c2ccccc12. The van der Waals surface area contributed by atoms with E-state index >= 15 is 0 Å².